The standard InChI is InChI=1S/C40H28ClF8N9O4S/c1-56-33-27(9-7-23(41)30(33)37(54-56)55-63(2,61)62)58-38(52-36-20(39(58)60)6-8-25(51-36)19-4-3-5-24(44)31(19)45)26(12-16-10-17(42)13-18(43)11-16)50-28(59)15-57-34-29(32(53-57)35(46)47)21-14-22(21)40(34,48)49/h3-11,13,21-22,26,35H,12,14-15H2,1-2H3,(H,50,59)(H,54,55)/t21-,22+,26-/m0/s1. The van der Waals surface area contributed by atoms with Crippen LogP contribution in [0, 0.1) is 29.2 Å². The number of hydrogen-bond donors (Lipinski definition) is 2. The van der Waals surface area contributed by atoms with Crippen LogP contribution in [0.3, 0.4) is 0 Å². The molecule has 63 heavy (non-hydrogen) atoms. The monoisotopic (exact) mass is 917 g/mol. The van der Waals surface area contributed by atoms with Gasteiger partial charge in [-0.25, -0.2) is 44.7 Å². The van der Waals surface area contributed by atoms with Crippen LogP contribution in [-0.4, -0.2) is 54.7 Å². The number of nitrogens with one attached hydrogen (secondary N) is 2. The molecule has 0 spiro atoms. The van der Waals surface area contributed by atoms with Crippen molar-refractivity contribution in [2.45, 2.75) is 43.7 Å². The summed E-state index contributed by atoms with van der Waals surface area (Å²) in [6.45, 7) is -1.06. The van der Waals surface area contributed by atoms with Gasteiger partial charge < -0.3 is 5.32 Å². The van der Waals surface area contributed by atoms with E-state index in [1.165, 1.54) is 48.1 Å². The fourth-order valence-electron chi connectivity index (χ4n) is 8.31. The number of rotatable bonds is 11. The van der Waals surface area contributed by atoms with Crippen molar-refractivity contribution in [1.82, 2.24) is 39.4 Å². The summed E-state index contributed by atoms with van der Waals surface area (Å²) in [6.07, 6.45) is -3.02. The Kier molecular flexibility index (Phi) is 9.88. The minimum Gasteiger partial charge on any atom is -0.344 e. The lowest BCUT2D eigenvalue weighted by Crippen LogP contribution is -2.38. The molecule has 7 aromatic rings. The van der Waals surface area contributed by atoms with E-state index in [2.05, 4.69) is 30.2 Å². The van der Waals surface area contributed by atoms with E-state index in [1.807, 2.05) is 0 Å². The number of pyridine rings is 1. The smallest absolute Gasteiger partial charge is 0.293 e. The number of benzene rings is 3. The van der Waals surface area contributed by atoms with Crippen molar-refractivity contribution in [3.63, 3.8) is 0 Å². The number of halogens is 9. The van der Waals surface area contributed by atoms with Crippen molar-refractivity contribution in [3.8, 4) is 16.9 Å². The van der Waals surface area contributed by atoms with Gasteiger partial charge >= 0.3 is 0 Å². The molecule has 23 heteroatoms. The van der Waals surface area contributed by atoms with Gasteiger partial charge in [0.15, 0.2) is 23.1 Å². The number of sulfonamides is 1. The molecule has 3 aromatic carbocycles. The second kappa shape index (κ2) is 14.9. The van der Waals surface area contributed by atoms with E-state index in [1.54, 1.807) is 0 Å². The zero-order valence-corrected chi connectivity index (χ0v) is 33.9. The molecule has 0 radical (unpaired) electrons. The summed E-state index contributed by atoms with van der Waals surface area (Å²) in [6, 6.07) is 9.04. The molecular weight excluding hydrogens is 890 g/mol. The van der Waals surface area contributed by atoms with E-state index in [-0.39, 0.29) is 61.6 Å². The predicted octanol–water partition coefficient (Wildman–Crippen LogP) is 7.36. The lowest BCUT2D eigenvalue weighted by atomic mass is 10.0. The molecule has 2 aliphatic rings. The maximum absolute atomic E-state index is 15.5. The molecule has 9 rings (SSSR count). The summed E-state index contributed by atoms with van der Waals surface area (Å²) >= 11 is 6.58. The van der Waals surface area contributed by atoms with Crippen molar-refractivity contribution < 1.29 is 48.3 Å². The number of carbonyl (C=O) groups excluding carboxylic acids is 1. The number of aromatic nitrogens is 7. The Morgan fingerprint density at radius 1 is 1.00 bits per heavy atom. The molecule has 0 saturated heterocycles. The lowest BCUT2D eigenvalue weighted by molar-refractivity contribution is -0.123. The highest BCUT2D eigenvalue weighted by Crippen LogP contribution is 2.68. The maximum Gasteiger partial charge on any atom is 0.293 e. The van der Waals surface area contributed by atoms with Gasteiger partial charge in [-0.3, -0.25) is 28.2 Å². The van der Waals surface area contributed by atoms with Crippen LogP contribution in [-0.2, 0) is 40.8 Å². The first-order valence-corrected chi connectivity index (χ1v) is 21.0. The molecule has 4 aromatic heterocycles. The minimum absolute atomic E-state index is 0.00998. The summed E-state index contributed by atoms with van der Waals surface area (Å²) in [5.41, 5.74) is -4.17. The summed E-state index contributed by atoms with van der Waals surface area (Å²) in [5, 5.41) is 10.2. The quantitative estimate of drug-likeness (QED) is 0.128. The van der Waals surface area contributed by atoms with Crippen LogP contribution in [0.4, 0.5) is 40.9 Å². The van der Waals surface area contributed by atoms with Crippen LogP contribution in [0.1, 0.15) is 53.1 Å². The molecule has 0 unspecified atom stereocenters. The van der Waals surface area contributed by atoms with Crippen LogP contribution >= 0.6 is 11.6 Å². The van der Waals surface area contributed by atoms with Gasteiger partial charge in [-0.05, 0) is 66.4 Å². The van der Waals surface area contributed by atoms with Crippen LogP contribution < -0.4 is 15.6 Å². The van der Waals surface area contributed by atoms with Crippen LogP contribution in [0.15, 0.2) is 65.5 Å². The number of alkyl halides is 4. The molecule has 13 nitrogen and oxygen atoms in total. The van der Waals surface area contributed by atoms with Gasteiger partial charge in [0.1, 0.15) is 35.4 Å². The number of amides is 1. The Hall–Kier alpha value is -6.42. The van der Waals surface area contributed by atoms with Crippen molar-refractivity contribution in [1.29, 1.82) is 0 Å². The number of nitrogens with zero attached hydrogens (tertiary/aromatic N) is 7. The highest BCUT2D eigenvalue weighted by atomic mass is 35.5. The molecule has 1 fully saturated rings. The first kappa shape index (κ1) is 41.9. The highest BCUT2D eigenvalue weighted by Gasteiger charge is 2.67. The van der Waals surface area contributed by atoms with E-state index in [9.17, 15) is 40.0 Å². The molecular formula is C40H28ClF8N9O4S. The molecule has 1 saturated carbocycles. The van der Waals surface area contributed by atoms with Crippen LogP contribution in [0.25, 0.3) is 38.9 Å². The molecule has 0 aliphatic heterocycles. The van der Waals surface area contributed by atoms with Gasteiger partial charge in [-0.1, -0.05) is 17.7 Å². The number of fused-ring (bicyclic) bond motifs is 5. The Bertz CT molecular complexity index is 3250. The largest absolute Gasteiger partial charge is 0.344 e. The SMILES string of the molecule is Cn1nc(NS(C)(=O)=O)c2c(Cl)ccc(-n3c([C@H](Cc4cc(F)cc(F)c4)NC(=O)Cn4nc(C(F)F)c5c4C(F)(F)[C@@H]4C[C@H]54)nc4nc(-c5cccc(F)c5F)ccc4c3=O)c21. The average Bonchev–Trinajstić information content (AvgIpc) is 3.74. The van der Waals surface area contributed by atoms with Gasteiger partial charge in [0.05, 0.1) is 45.0 Å². The molecule has 1 amide bonds. The molecule has 4 heterocycles. The number of aryl methyl sites for hydroxylation is 1. The van der Waals surface area contributed by atoms with Gasteiger partial charge in [0.2, 0.25) is 15.9 Å². The Labute approximate surface area is 354 Å². The first-order valence-electron chi connectivity index (χ1n) is 18.7. The van der Waals surface area contributed by atoms with Gasteiger partial charge in [-0.15, -0.1) is 0 Å². The highest BCUT2D eigenvalue weighted by molar-refractivity contribution is 7.92. The summed E-state index contributed by atoms with van der Waals surface area (Å²) in [5.74, 6) is -12.2. The summed E-state index contributed by atoms with van der Waals surface area (Å²) in [4.78, 5) is 38.0. The Balaban J connectivity index is 1.27. The van der Waals surface area contributed by atoms with Gasteiger partial charge in [0, 0.05) is 36.6 Å². The van der Waals surface area contributed by atoms with E-state index in [0.717, 1.165) is 29.0 Å². The summed E-state index contributed by atoms with van der Waals surface area (Å²) < 4.78 is 148. The molecule has 2 aliphatic carbocycles. The zero-order valence-electron chi connectivity index (χ0n) is 32.3. The second-order valence-electron chi connectivity index (χ2n) is 15.2. The van der Waals surface area contributed by atoms with Crippen molar-refractivity contribution in [2.75, 3.05) is 11.0 Å². The lowest BCUT2D eigenvalue weighted by Gasteiger charge is -2.24. The Morgan fingerprint density at radius 2 is 1.73 bits per heavy atom. The number of hydrogen-bond acceptors (Lipinski definition) is 8. The Morgan fingerprint density at radius 3 is 2.43 bits per heavy atom. The van der Waals surface area contributed by atoms with Crippen molar-refractivity contribution in [2.24, 2.45) is 13.0 Å². The first-order chi connectivity index (χ1) is 29.7. The van der Waals surface area contributed by atoms with Crippen LogP contribution in [0.5, 0.6) is 0 Å². The normalized spacial score (nSPS) is 17.0. The van der Waals surface area contributed by atoms with Crippen molar-refractivity contribution in [3.05, 3.63) is 128 Å². The van der Waals surface area contributed by atoms with Crippen LogP contribution in [0.2, 0.25) is 5.02 Å². The van der Waals surface area contributed by atoms with Gasteiger partial charge in [-0.2, -0.15) is 19.0 Å². The fourth-order valence-corrected chi connectivity index (χ4v) is 9.05. The molecule has 3 atom stereocenters. The maximum atomic E-state index is 15.5. The zero-order chi connectivity index (χ0) is 45.0. The van der Waals surface area contributed by atoms with Crippen molar-refractivity contribution >= 4 is 55.3 Å². The van der Waals surface area contributed by atoms with E-state index in [4.69, 9.17) is 11.6 Å². The third-order valence-corrected chi connectivity index (χ3v) is 11.8. The number of carbonyl (C=O) groups is 1. The molecule has 0 bridgehead atoms. The topological polar surface area (TPSA) is 159 Å². The van der Waals surface area contributed by atoms with E-state index in [0.29, 0.717) is 10.7 Å². The molecule has 2 N–H and O–H groups in total. The fraction of sp³-hybridized carbons (Fsp3) is 0.250. The predicted molar refractivity (Wildman–Crippen MR) is 211 cm³/mol. The third-order valence-electron chi connectivity index (χ3n) is 10.9. The van der Waals surface area contributed by atoms with E-state index < -0.39 is 111 Å². The van der Waals surface area contributed by atoms with Gasteiger partial charge in [0.25, 0.3) is 17.9 Å². The number of anilines is 1. The summed E-state index contributed by atoms with van der Waals surface area (Å²) in [7, 11) is -2.58. The van der Waals surface area contributed by atoms with E-state index >= 15 is 13.2 Å². The average molecular weight is 918 g/mol. The second-order valence-corrected chi connectivity index (χ2v) is 17.4. The molecule has 326 valence electrons. The minimum atomic E-state index is -3.97. The third kappa shape index (κ3) is 7.23.